The predicted molar refractivity (Wildman–Crippen MR) is 85.4 cm³/mol. The summed E-state index contributed by atoms with van der Waals surface area (Å²) in [4.78, 5) is 18.2. The molecule has 2 N–H and O–H groups in total. The van der Waals surface area contributed by atoms with Crippen LogP contribution in [-0.4, -0.2) is 54.5 Å². The highest BCUT2D eigenvalue weighted by Crippen LogP contribution is 2.23. The average molecular weight is 303 g/mol. The largest absolute Gasteiger partial charge is 0.337 e. The van der Waals surface area contributed by atoms with Crippen LogP contribution >= 0.6 is 11.3 Å². The molecule has 0 bridgehead atoms. The zero-order valence-electron chi connectivity index (χ0n) is 12.2. The molecule has 112 valence electrons. The van der Waals surface area contributed by atoms with Crippen molar-refractivity contribution in [3.05, 3.63) is 21.9 Å². The van der Waals surface area contributed by atoms with E-state index in [1.54, 1.807) is 0 Å². The van der Waals surface area contributed by atoms with Gasteiger partial charge in [0.25, 0.3) is 5.91 Å². The van der Waals surface area contributed by atoms with Gasteiger partial charge in [0.1, 0.15) is 0 Å². The van der Waals surface area contributed by atoms with E-state index in [4.69, 9.17) is 5.73 Å². The average Bonchev–Trinajstić information content (AvgIpc) is 3.09. The molecular weight excluding hydrogens is 282 g/mol. The summed E-state index contributed by atoms with van der Waals surface area (Å²) in [5.41, 5.74) is 6.15. The summed E-state index contributed by atoms with van der Waals surface area (Å²) < 4.78 is 0. The van der Waals surface area contributed by atoms with E-state index in [-0.39, 0.29) is 5.91 Å². The summed E-state index contributed by atoms with van der Waals surface area (Å²) >= 11 is 1.52. The van der Waals surface area contributed by atoms with E-state index in [1.165, 1.54) is 30.7 Å². The number of rotatable bonds is 1. The molecule has 2 aliphatic heterocycles. The third-order valence-electron chi connectivity index (χ3n) is 4.25. The first-order valence-corrected chi connectivity index (χ1v) is 8.46. The van der Waals surface area contributed by atoms with Gasteiger partial charge in [-0.25, -0.2) is 0 Å². The van der Waals surface area contributed by atoms with E-state index in [0.717, 1.165) is 36.5 Å². The maximum atomic E-state index is 12.7. The van der Waals surface area contributed by atoms with Gasteiger partial charge in [-0.3, -0.25) is 9.69 Å². The zero-order chi connectivity index (χ0) is 14.7. The second-order valence-corrected chi connectivity index (χ2v) is 6.55. The molecule has 0 aliphatic carbocycles. The smallest absolute Gasteiger partial charge is 0.254 e. The molecule has 2 saturated heterocycles. The molecule has 0 saturated carbocycles. The molecule has 3 heterocycles. The molecule has 1 atom stereocenters. The van der Waals surface area contributed by atoms with Gasteiger partial charge in [-0.15, -0.1) is 11.3 Å². The van der Waals surface area contributed by atoms with Gasteiger partial charge in [0.05, 0.1) is 17.0 Å². The van der Waals surface area contributed by atoms with Crippen molar-refractivity contribution in [1.82, 2.24) is 9.80 Å². The van der Waals surface area contributed by atoms with Crippen molar-refractivity contribution in [3.8, 4) is 11.8 Å². The summed E-state index contributed by atoms with van der Waals surface area (Å²) in [5, 5.41) is 1.92. The first-order chi connectivity index (χ1) is 10.3. The number of nitrogens with zero attached hydrogens (tertiary/aromatic N) is 2. The fraction of sp³-hybridized carbons (Fsp3) is 0.562. The van der Waals surface area contributed by atoms with E-state index >= 15 is 0 Å². The predicted octanol–water partition coefficient (Wildman–Crippen LogP) is 1.37. The fourth-order valence-corrected chi connectivity index (χ4v) is 3.97. The number of fused-ring (bicyclic) bond motifs is 1. The Morgan fingerprint density at radius 2 is 2.24 bits per heavy atom. The van der Waals surface area contributed by atoms with Crippen LogP contribution in [-0.2, 0) is 0 Å². The van der Waals surface area contributed by atoms with Crippen LogP contribution < -0.4 is 5.73 Å². The Kier molecular flexibility index (Phi) is 4.59. The number of thiophene rings is 1. The van der Waals surface area contributed by atoms with Crippen molar-refractivity contribution in [2.45, 2.75) is 25.3 Å². The summed E-state index contributed by atoms with van der Waals surface area (Å²) in [6.45, 7) is 4.42. The monoisotopic (exact) mass is 303 g/mol. The number of carbonyl (C=O) groups is 1. The molecule has 0 aromatic carbocycles. The molecule has 5 heteroatoms. The molecule has 4 nitrogen and oxygen atoms in total. The van der Waals surface area contributed by atoms with Crippen molar-refractivity contribution < 1.29 is 4.79 Å². The highest BCUT2D eigenvalue weighted by molar-refractivity contribution is 7.10. The first kappa shape index (κ1) is 14.6. The minimum atomic E-state index is 0.154. The molecule has 21 heavy (non-hydrogen) atoms. The van der Waals surface area contributed by atoms with Crippen molar-refractivity contribution >= 4 is 17.2 Å². The molecule has 2 aliphatic rings. The van der Waals surface area contributed by atoms with Gasteiger partial charge in [-0.05, 0) is 31.9 Å². The van der Waals surface area contributed by atoms with Crippen LogP contribution in [0.2, 0.25) is 0 Å². The SMILES string of the molecule is NCC#Cc1cc(C(=O)N2CCCN3CCCC3C2)cs1. The normalized spacial score (nSPS) is 22.3. The molecule has 2 fully saturated rings. The topological polar surface area (TPSA) is 49.6 Å². The third-order valence-corrected chi connectivity index (χ3v) is 5.10. The summed E-state index contributed by atoms with van der Waals surface area (Å²) in [6, 6.07) is 2.46. The minimum absolute atomic E-state index is 0.154. The van der Waals surface area contributed by atoms with Gasteiger partial charge < -0.3 is 10.6 Å². The van der Waals surface area contributed by atoms with E-state index in [9.17, 15) is 4.79 Å². The lowest BCUT2D eigenvalue weighted by Gasteiger charge is -2.25. The van der Waals surface area contributed by atoms with Crippen LogP contribution in [0.25, 0.3) is 0 Å². The molecule has 3 rings (SSSR count). The molecule has 1 unspecified atom stereocenters. The standard InChI is InChI=1S/C16H21N3OS/c17-6-1-5-15-10-13(12-21-15)16(20)19-9-3-8-18-7-2-4-14(18)11-19/h10,12,14H,2-4,6-9,11,17H2. The Labute approximate surface area is 129 Å². The molecule has 0 radical (unpaired) electrons. The van der Waals surface area contributed by atoms with Crippen molar-refractivity contribution in [3.63, 3.8) is 0 Å². The van der Waals surface area contributed by atoms with Gasteiger partial charge in [-0.1, -0.05) is 11.8 Å². The Morgan fingerprint density at radius 1 is 1.38 bits per heavy atom. The van der Waals surface area contributed by atoms with Crippen molar-refractivity contribution in [1.29, 1.82) is 0 Å². The molecule has 0 spiro atoms. The lowest BCUT2D eigenvalue weighted by molar-refractivity contribution is 0.0744. The maximum Gasteiger partial charge on any atom is 0.254 e. The van der Waals surface area contributed by atoms with Gasteiger partial charge in [0.15, 0.2) is 0 Å². The molecule has 1 amide bonds. The Morgan fingerprint density at radius 3 is 3.10 bits per heavy atom. The fourth-order valence-electron chi connectivity index (χ4n) is 3.23. The van der Waals surface area contributed by atoms with Gasteiger partial charge >= 0.3 is 0 Å². The summed E-state index contributed by atoms with van der Waals surface area (Å²) in [5.74, 6) is 5.98. The van der Waals surface area contributed by atoms with Crippen LogP contribution in [0.1, 0.15) is 34.5 Å². The second kappa shape index (κ2) is 6.61. The Bertz CT molecular complexity index is 572. The van der Waals surface area contributed by atoms with Crippen molar-refractivity contribution in [2.75, 3.05) is 32.7 Å². The quantitative estimate of drug-likeness (QED) is 0.797. The lowest BCUT2D eigenvalue weighted by Crippen LogP contribution is -2.39. The van der Waals surface area contributed by atoms with Crippen LogP contribution in [0, 0.1) is 11.8 Å². The Balaban J connectivity index is 1.70. The number of hydrogen-bond acceptors (Lipinski definition) is 4. The van der Waals surface area contributed by atoms with Gasteiger partial charge in [-0.2, -0.15) is 0 Å². The number of amides is 1. The van der Waals surface area contributed by atoms with Crippen LogP contribution in [0.4, 0.5) is 0 Å². The van der Waals surface area contributed by atoms with Gasteiger partial charge in [0.2, 0.25) is 0 Å². The number of carbonyl (C=O) groups excluding carboxylic acids is 1. The molecule has 1 aromatic rings. The number of nitrogens with two attached hydrogens (primary N) is 1. The Hall–Kier alpha value is -1.35. The van der Waals surface area contributed by atoms with Crippen LogP contribution in [0.3, 0.4) is 0 Å². The summed E-state index contributed by atoms with van der Waals surface area (Å²) in [7, 11) is 0. The highest BCUT2D eigenvalue weighted by Gasteiger charge is 2.30. The minimum Gasteiger partial charge on any atom is -0.337 e. The second-order valence-electron chi connectivity index (χ2n) is 5.64. The zero-order valence-corrected chi connectivity index (χ0v) is 13.0. The third kappa shape index (κ3) is 3.29. The van der Waals surface area contributed by atoms with Gasteiger partial charge in [0, 0.05) is 31.1 Å². The molecular formula is C16H21N3OS. The van der Waals surface area contributed by atoms with E-state index in [2.05, 4.69) is 16.7 Å². The van der Waals surface area contributed by atoms with Crippen LogP contribution in [0.5, 0.6) is 0 Å². The first-order valence-electron chi connectivity index (χ1n) is 7.58. The maximum absolute atomic E-state index is 12.7. The van der Waals surface area contributed by atoms with E-state index in [1.807, 2.05) is 16.3 Å². The van der Waals surface area contributed by atoms with E-state index < -0.39 is 0 Å². The number of hydrogen-bond donors (Lipinski definition) is 1. The van der Waals surface area contributed by atoms with Crippen molar-refractivity contribution in [2.24, 2.45) is 5.73 Å². The lowest BCUT2D eigenvalue weighted by atomic mass is 10.2. The molecule has 1 aromatic heterocycles. The highest BCUT2D eigenvalue weighted by atomic mass is 32.1. The summed E-state index contributed by atoms with van der Waals surface area (Å²) in [6.07, 6.45) is 3.57. The van der Waals surface area contributed by atoms with Crippen LogP contribution in [0.15, 0.2) is 11.4 Å². The van der Waals surface area contributed by atoms with E-state index in [0.29, 0.717) is 12.6 Å².